The van der Waals surface area contributed by atoms with E-state index < -0.39 is 17.6 Å². The third-order valence-corrected chi connectivity index (χ3v) is 2.78. The van der Waals surface area contributed by atoms with E-state index in [1.165, 1.54) is 18.2 Å². The maximum atomic E-state index is 12.8. The van der Waals surface area contributed by atoms with Crippen LogP contribution in [-0.2, 0) is 22.1 Å². The van der Waals surface area contributed by atoms with E-state index in [1.807, 2.05) is 0 Å². The van der Waals surface area contributed by atoms with Crippen molar-refractivity contribution in [3.63, 3.8) is 0 Å². The summed E-state index contributed by atoms with van der Waals surface area (Å²) >= 11 is 0. The fourth-order valence-electron chi connectivity index (χ4n) is 1.78. The summed E-state index contributed by atoms with van der Waals surface area (Å²) in [5.74, 6) is -0.430. The minimum Gasteiger partial charge on any atom is -0.383 e. The first-order valence-electron chi connectivity index (χ1n) is 6.56. The second kappa shape index (κ2) is 10.4. The molecule has 0 aliphatic carbocycles. The molecule has 4 nitrogen and oxygen atoms in total. The van der Waals surface area contributed by atoms with Crippen molar-refractivity contribution in [2.45, 2.75) is 12.6 Å². The van der Waals surface area contributed by atoms with E-state index in [0.717, 1.165) is 6.07 Å². The van der Waals surface area contributed by atoms with Crippen molar-refractivity contribution in [1.29, 1.82) is 0 Å². The molecule has 0 fully saturated rings. The molecule has 0 radical (unpaired) electrons. The van der Waals surface area contributed by atoms with Crippen molar-refractivity contribution in [3.8, 4) is 0 Å². The molecular formula is C14H20ClF3N2O2. The first-order valence-corrected chi connectivity index (χ1v) is 6.56. The average Bonchev–Trinajstić information content (AvgIpc) is 2.42. The molecule has 126 valence electrons. The van der Waals surface area contributed by atoms with E-state index in [4.69, 9.17) is 4.74 Å². The zero-order chi connectivity index (χ0) is 15.7. The van der Waals surface area contributed by atoms with Gasteiger partial charge in [-0.15, -0.1) is 12.4 Å². The van der Waals surface area contributed by atoms with E-state index in [2.05, 4.69) is 10.6 Å². The van der Waals surface area contributed by atoms with Gasteiger partial charge in [0.15, 0.2) is 0 Å². The van der Waals surface area contributed by atoms with Crippen LogP contribution in [0.15, 0.2) is 24.3 Å². The Morgan fingerprint density at radius 2 is 1.86 bits per heavy atom. The summed E-state index contributed by atoms with van der Waals surface area (Å²) in [5.41, 5.74) is -0.784. The summed E-state index contributed by atoms with van der Waals surface area (Å²) in [7, 11) is 1.58. The van der Waals surface area contributed by atoms with Gasteiger partial charge in [-0.25, -0.2) is 0 Å². The molecule has 1 rings (SSSR count). The van der Waals surface area contributed by atoms with Crippen molar-refractivity contribution in [2.75, 3.05) is 33.4 Å². The minimum absolute atomic E-state index is 0. The highest BCUT2D eigenvalue weighted by Crippen LogP contribution is 2.31. The van der Waals surface area contributed by atoms with Crippen molar-refractivity contribution >= 4 is 18.3 Å². The molecule has 0 spiro atoms. The van der Waals surface area contributed by atoms with Crippen LogP contribution in [0, 0.1) is 0 Å². The van der Waals surface area contributed by atoms with Gasteiger partial charge in [-0.1, -0.05) is 18.2 Å². The van der Waals surface area contributed by atoms with Gasteiger partial charge in [0.05, 0.1) is 18.6 Å². The van der Waals surface area contributed by atoms with E-state index in [9.17, 15) is 18.0 Å². The van der Waals surface area contributed by atoms with Gasteiger partial charge in [0.1, 0.15) is 0 Å². The molecular weight excluding hydrogens is 321 g/mol. The number of carbonyl (C=O) groups excluding carboxylic acids is 1. The number of amides is 1. The summed E-state index contributed by atoms with van der Waals surface area (Å²) in [6.07, 6.45) is -4.73. The summed E-state index contributed by atoms with van der Waals surface area (Å²) in [6.45, 7) is 2.11. The number of methoxy groups -OCH3 is 1. The van der Waals surface area contributed by atoms with Crippen LogP contribution >= 0.6 is 12.4 Å². The molecule has 8 heteroatoms. The van der Waals surface area contributed by atoms with Crippen LogP contribution in [0.4, 0.5) is 13.2 Å². The molecule has 22 heavy (non-hydrogen) atoms. The van der Waals surface area contributed by atoms with Crippen molar-refractivity contribution in [3.05, 3.63) is 35.4 Å². The van der Waals surface area contributed by atoms with E-state index in [0.29, 0.717) is 26.2 Å². The molecule has 0 aliphatic rings. The zero-order valence-electron chi connectivity index (χ0n) is 12.2. The van der Waals surface area contributed by atoms with Crippen LogP contribution < -0.4 is 10.6 Å². The number of benzene rings is 1. The zero-order valence-corrected chi connectivity index (χ0v) is 13.0. The smallest absolute Gasteiger partial charge is 0.383 e. The molecule has 0 bridgehead atoms. The number of hydrogen-bond acceptors (Lipinski definition) is 3. The van der Waals surface area contributed by atoms with E-state index in [-0.39, 0.29) is 24.4 Å². The second-order valence-corrected chi connectivity index (χ2v) is 4.42. The van der Waals surface area contributed by atoms with Crippen LogP contribution in [-0.4, -0.2) is 39.3 Å². The van der Waals surface area contributed by atoms with E-state index in [1.54, 1.807) is 7.11 Å². The largest absolute Gasteiger partial charge is 0.416 e. The monoisotopic (exact) mass is 340 g/mol. The van der Waals surface area contributed by atoms with Gasteiger partial charge in [-0.05, 0) is 11.6 Å². The number of alkyl halides is 3. The Labute approximate surface area is 133 Å². The number of ether oxygens (including phenoxy) is 1. The van der Waals surface area contributed by atoms with Gasteiger partial charge in [-0.2, -0.15) is 13.2 Å². The number of halogens is 4. The lowest BCUT2D eigenvalue weighted by Gasteiger charge is -2.12. The van der Waals surface area contributed by atoms with Gasteiger partial charge in [0.2, 0.25) is 5.91 Å². The molecule has 0 saturated carbocycles. The SMILES string of the molecule is COCCNCCNC(=O)Cc1ccccc1C(F)(F)F.Cl. The molecule has 1 amide bonds. The number of rotatable bonds is 8. The first-order chi connectivity index (χ1) is 9.95. The predicted molar refractivity (Wildman–Crippen MR) is 80.2 cm³/mol. The van der Waals surface area contributed by atoms with E-state index >= 15 is 0 Å². The van der Waals surface area contributed by atoms with Crippen LogP contribution in [0.3, 0.4) is 0 Å². The van der Waals surface area contributed by atoms with Crippen LogP contribution in [0.1, 0.15) is 11.1 Å². The number of nitrogens with one attached hydrogen (secondary N) is 2. The molecule has 1 aromatic rings. The Bertz CT molecular complexity index is 456. The lowest BCUT2D eigenvalue weighted by molar-refractivity contribution is -0.138. The van der Waals surface area contributed by atoms with Crippen molar-refractivity contribution < 1.29 is 22.7 Å². The van der Waals surface area contributed by atoms with Gasteiger partial charge >= 0.3 is 6.18 Å². The summed E-state index contributed by atoms with van der Waals surface area (Å²) in [5, 5.41) is 5.60. The lowest BCUT2D eigenvalue weighted by Crippen LogP contribution is -2.34. The minimum atomic E-state index is -4.45. The van der Waals surface area contributed by atoms with Crippen LogP contribution in [0.2, 0.25) is 0 Å². The molecule has 0 aromatic heterocycles. The van der Waals surface area contributed by atoms with Gasteiger partial charge in [0, 0.05) is 26.7 Å². The highest BCUT2D eigenvalue weighted by atomic mass is 35.5. The predicted octanol–water partition coefficient (Wildman–Crippen LogP) is 2.02. The third-order valence-electron chi connectivity index (χ3n) is 2.78. The highest BCUT2D eigenvalue weighted by Gasteiger charge is 2.33. The first kappa shape index (κ1) is 20.7. The Hall–Kier alpha value is -1.31. The Morgan fingerprint density at radius 1 is 1.18 bits per heavy atom. The Morgan fingerprint density at radius 3 is 2.50 bits per heavy atom. The molecule has 0 aliphatic heterocycles. The van der Waals surface area contributed by atoms with Gasteiger partial charge in [-0.3, -0.25) is 4.79 Å². The summed E-state index contributed by atoms with van der Waals surface area (Å²) in [6, 6.07) is 5.10. The van der Waals surface area contributed by atoms with Crippen molar-refractivity contribution in [2.24, 2.45) is 0 Å². The summed E-state index contributed by atoms with van der Waals surface area (Å²) < 4.78 is 43.1. The van der Waals surface area contributed by atoms with Crippen LogP contribution in [0.25, 0.3) is 0 Å². The van der Waals surface area contributed by atoms with Gasteiger partial charge < -0.3 is 15.4 Å². The standard InChI is InChI=1S/C14H19F3N2O2.ClH/c1-21-9-8-18-6-7-19-13(20)10-11-4-2-3-5-12(11)14(15,16)17;/h2-5,18H,6-10H2,1H3,(H,19,20);1H. The Kier molecular flexibility index (Phi) is 9.80. The maximum absolute atomic E-state index is 12.8. The van der Waals surface area contributed by atoms with Crippen molar-refractivity contribution in [1.82, 2.24) is 10.6 Å². The normalized spacial score (nSPS) is 10.9. The molecule has 1 aromatic carbocycles. The average molecular weight is 341 g/mol. The lowest BCUT2D eigenvalue weighted by atomic mass is 10.0. The second-order valence-electron chi connectivity index (χ2n) is 4.42. The van der Waals surface area contributed by atoms with Crippen LogP contribution in [0.5, 0.6) is 0 Å². The molecule has 0 saturated heterocycles. The number of hydrogen-bond donors (Lipinski definition) is 2. The Balaban J connectivity index is 0.00000441. The van der Waals surface area contributed by atoms with Gasteiger partial charge in [0.25, 0.3) is 0 Å². The molecule has 0 atom stereocenters. The number of carbonyl (C=O) groups is 1. The maximum Gasteiger partial charge on any atom is 0.416 e. The highest BCUT2D eigenvalue weighted by molar-refractivity contribution is 5.85. The quantitative estimate of drug-likeness (QED) is 0.712. The topological polar surface area (TPSA) is 50.4 Å². The molecule has 0 unspecified atom stereocenters. The fourth-order valence-corrected chi connectivity index (χ4v) is 1.78. The third kappa shape index (κ3) is 7.63. The molecule has 0 heterocycles. The summed E-state index contributed by atoms with van der Waals surface area (Å²) in [4.78, 5) is 11.6. The molecule has 2 N–H and O–H groups in total. The fraction of sp³-hybridized carbons (Fsp3) is 0.500.